The van der Waals surface area contributed by atoms with Crippen LogP contribution < -0.4 is 5.32 Å². The Balaban J connectivity index is 1.71. The van der Waals surface area contributed by atoms with Crippen molar-refractivity contribution in [3.8, 4) is 0 Å². The molecule has 3 heteroatoms. The highest BCUT2D eigenvalue weighted by molar-refractivity contribution is 7.07. The molecule has 0 amide bonds. The van der Waals surface area contributed by atoms with E-state index in [2.05, 4.69) is 22.1 Å². The second-order valence-electron chi connectivity index (χ2n) is 4.67. The Hall–Kier alpha value is -0.380. The van der Waals surface area contributed by atoms with Crippen LogP contribution in [-0.2, 0) is 6.42 Å². The van der Waals surface area contributed by atoms with Crippen molar-refractivity contribution in [3.63, 3.8) is 0 Å². The van der Waals surface area contributed by atoms with Crippen molar-refractivity contribution in [2.24, 2.45) is 5.92 Å². The summed E-state index contributed by atoms with van der Waals surface area (Å²) in [6.45, 7) is 1.38. The molecule has 2 N–H and O–H groups in total. The lowest BCUT2D eigenvalue weighted by Gasteiger charge is -2.31. The minimum atomic E-state index is 0.343. The molecule has 0 aliphatic heterocycles. The number of hydrogen-bond donors (Lipinski definition) is 2. The summed E-state index contributed by atoms with van der Waals surface area (Å²) in [6.07, 6.45) is 6.13. The quantitative estimate of drug-likeness (QED) is 0.827. The molecule has 0 bridgehead atoms. The second kappa shape index (κ2) is 6.38. The highest BCUT2D eigenvalue weighted by Gasteiger charge is 2.23. The van der Waals surface area contributed by atoms with E-state index in [-0.39, 0.29) is 0 Å². The third-order valence-electron chi connectivity index (χ3n) is 3.54. The second-order valence-corrected chi connectivity index (χ2v) is 5.45. The van der Waals surface area contributed by atoms with Gasteiger partial charge < -0.3 is 10.4 Å². The van der Waals surface area contributed by atoms with E-state index in [4.69, 9.17) is 0 Å². The molecular weight excluding hydrogens is 218 g/mol. The first-order chi connectivity index (χ1) is 7.90. The molecule has 0 aromatic carbocycles. The Kier molecular flexibility index (Phi) is 4.82. The molecule has 2 atom stereocenters. The van der Waals surface area contributed by atoms with Crippen molar-refractivity contribution >= 4 is 11.3 Å². The van der Waals surface area contributed by atoms with E-state index in [9.17, 15) is 5.11 Å². The Morgan fingerprint density at radius 1 is 1.38 bits per heavy atom. The van der Waals surface area contributed by atoms with E-state index < -0.39 is 0 Å². The average molecular weight is 239 g/mol. The van der Waals surface area contributed by atoms with Crippen LogP contribution in [0.2, 0.25) is 0 Å². The third kappa shape index (κ3) is 3.30. The summed E-state index contributed by atoms with van der Waals surface area (Å²) in [4.78, 5) is 0. The van der Waals surface area contributed by atoms with Crippen LogP contribution in [0.25, 0.3) is 0 Å². The molecule has 1 aliphatic carbocycles. The number of aliphatic hydroxyl groups excluding tert-OH is 1. The first-order valence-electron chi connectivity index (χ1n) is 6.25. The summed E-state index contributed by atoms with van der Waals surface area (Å²) in [6, 6.07) is 2.73. The average Bonchev–Trinajstić information content (AvgIpc) is 2.83. The molecule has 1 aromatic rings. The minimum absolute atomic E-state index is 0.343. The Bertz CT molecular complexity index is 286. The minimum Gasteiger partial charge on any atom is -0.396 e. The molecule has 90 valence electrons. The molecule has 2 rings (SSSR count). The molecule has 1 saturated carbocycles. The molecule has 2 nitrogen and oxygen atoms in total. The summed E-state index contributed by atoms with van der Waals surface area (Å²) in [7, 11) is 0. The lowest BCUT2D eigenvalue weighted by molar-refractivity contribution is 0.153. The van der Waals surface area contributed by atoms with Gasteiger partial charge in [-0.15, -0.1) is 0 Å². The fourth-order valence-electron chi connectivity index (χ4n) is 2.53. The van der Waals surface area contributed by atoms with Gasteiger partial charge in [-0.1, -0.05) is 12.8 Å². The van der Waals surface area contributed by atoms with Crippen molar-refractivity contribution in [3.05, 3.63) is 22.4 Å². The SMILES string of the molecule is OCC1CCCCC1NCCc1ccsc1. The van der Waals surface area contributed by atoms with E-state index in [1.807, 2.05) is 0 Å². The van der Waals surface area contributed by atoms with E-state index in [1.165, 1.54) is 31.2 Å². The number of hydrogen-bond acceptors (Lipinski definition) is 3. The van der Waals surface area contributed by atoms with Crippen LogP contribution in [0.1, 0.15) is 31.2 Å². The number of thiophene rings is 1. The van der Waals surface area contributed by atoms with Gasteiger partial charge in [-0.25, -0.2) is 0 Å². The van der Waals surface area contributed by atoms with Crippen molar-refractivity contribution in [2.75, 3.05) is 13.2 Å². The summed E-state index contributed by atoms with van der Waals surface area (Å²) >= 11 is 1.76. The first kappa shape index (κ1) is 12.1. The van der Waals surface area contributed by atoms with E-state index in [1.54, 1.807) is 11.3 Å². The van der Waals surface area contributed by atoms with Crippen molar-refractivity contribution in [2.45, 2.75) is 38.1 Å². The largest absolute Gasteiger partial charge is 0.396 e. The molecule has 16 heavy (non-hydrogen) atoms. The Morgan fingerprint density at radius 2 is 2.25 bits per heavy atom. The van der Waals surface area contributed by atoms with Gasteiger partial charge in [0.25, 0.3) is 0 Å². The summed E-state index contributed by atoms with van der Waals surface area (Å²) in [5.74, 6) is 0.483. The third-order valence-corrected chi connectivity index (χ3v) is 4.28. The highest BCUT2D eigenvalue weighted by Crippen LogP contribution is 2.23. The van der Waals surface area contributed by atoms with Crippen LogP contribution in [0.4, 0.5) is 0 Å². The van der Waals surface area contributed by atoms with Crippen LogP contribution >= 0.6 is 11.3 Å². The number of rotatable bonds is 5. The fourth-order valence-corrected chi connectivity index (χ4v) is 3.23. The maximum Gasteiger partial charge on any atom is 0.0474 e. The number of aliphatic hydroxyl groups is 1. The van der Waals surface area contributed by atoms with Crippen molar-refractivity contribution < 1.29 is 5.11 Å². The van der Waals surface area contributed by atoms with Gasteiger partial charge in [-0.2, -0.15) is 11.3 Å². The maximum absolute atomic E-state index is 9.31. The van der Waals surface area contributed by atoms with Gasteiger partial charge >= 0.3 is 0 Å². The van der Waals surface area contributed by atoms with Gasteiger partial charge in [0.15, 0.2) is 0 Å². The maximum atomic E-state index is 9.31. The normalized spacial score (nSPS) is 25.8. The molecule has 0 radical (unpaired) electrons. The lowest BCUT2D eigenvalue weighted by Crippen LogP contribution is -2.41. The number of nitrogens with one attached hydrogen (secondary N) is 1. The van der Waals surface area contributed by atoms with Crippen LogP contribution in [0, 0.1) is 5.92 Å². The first-order valence-corrected chi connectivity index (χ1v) is 7.19. The van der Waals surface area contributed by atoms with Gasteiger partial charge in [-0.3, -0.25) is 0 Å². The summed E-state index contributed by atoms with van der Waals surface area (Å²) < 4.78 is 0. The van der Waals surface area contributed by atoms with Crippen molar-refractivity contribution in [1.82, 2.24) is 5.32 Å². The van der Waals surface area contributed by atoms with E-state index >= 15 is 0 Å². The van der Waals surface area contributed by atoms with Gasteiger partial charge in [0.2, 0.25) is 0 Å². The predicted molar refractivity (Wildman–Crippen MR) is 68.9 cm³/mol. The van der Waals surface area contributed by atoms with Crippen LogP contribution in [-0.4, -0.2) is 24.3 Å². The van der Waals surface area contributed by atoms with Gasteiger partial charge in [0.05, 0.1) is 0 Å². The summed E-state index contributed by atoms with van der Waals surface area (Å²) in [5.41, 5.74) is 1.42. The molecule has 1 heterocycles. The topological polar surface area (TPSA) is 32.3 Å². The monoisotopic (exact) mass is 239 g/mol. The van der Waals surface area contributed by atoms with Gasteiger partial charge in [-0.05, 0) is 54.1 Å². The van der Waals surface area contributed by atoms with Crippen molar-refractivity contribution in [1.29, 1.82) is 0 Å². The van der Waals surface area contributed by atoms with Gasteiger partial charge in [0, 0.05) is 12.6 Å². The summed E-state index contributed by atoms with van der Waals surface area (Å²) in [5, 5.41) is 17.3. The van der Waals surface area contributed by atoms with Gasteiger partial charge in [0.1, 0.15) is 0 Å². The zero-order chi connectivity index (χ0) is 11.2. The zero-order valence-corrected chi connectivity index (χ0v) is 10.5. The van der Waals surface area contributed by atoms with E-state index in [0.29, 0.717) is 18.6 Å². The van der Waals surface area contributed by atoms with Crippen LogP contribution in [0.15, 0.2) is 16.8 Å². The molecule has 1 aliphatic rings. The Morgan fingerprint density at radius 3 is 3.00 bits per heavy atom. The molecule has 0 spiro atoms. The smallest absolute Gasteiger partial charge is 0.0474 e. The molecule has 1 aromatic heterocycles. The molecule has 2 unspecified atom stereocenters. The molecular formula is C13H21NOS. The zero-order valence-electron chi connectivity index (χ0n) is 9.69. The van der Waals surface area contributed by atoms with E-state index in [0.717, 1.165) is 13.0 Å². The molecule has 1 fully saturated rings. The highest BCUT2D eigenvalue weighted by atomic mass is 32.1. The molecule has 0 saturated heterocycles. The van der Waals surface area contributed by atoms with Crippen LogP contribution in [0.5, 0.6) is 0 Å². The standard InChI is InChI=1S/C13H21NOS/c15-9-12-3-1-2-4-13(12)14-7-5-11-6-8-16-10-11/h6,8,10,12-15H,1-5,7,9H2. The fraction of sp³-hybridized carbons (Fsp3) is 0.692. The predicted octanol–water partition coefficient (Wildman–Crippen LogP) is 2.43. The van der Waals surface area contributed by atoms with Crippen LogP contribution in [0.3, 0.4) is 0 Å². The lowest BCUT2D eigenvalue weighted by atomic mass is 9.85. The Labute approximate surface area is 102 Å².